The maximum absolute atomic E-state index is 13.7. The summed E-state index contributed by atoms with van der Waals surface area (Å²) < 4.78 is 13.0. The van der Waals surface area contributed by atoms with Crippen molar-refractivity contribution >= 4 is 40.7 Å². The number of rotatable bonds is 6. The fraction of sp³-hybridized carbons (Fsp3) is 0.148. The molecule has 0 fully saturated rings. The molecule has 1 aliphatic rings. The Kier molecular flexibility index (Phi) is 6.83. The number of nitro groups is 1. The summed E-state index contributed by atoms with van der Waals surface area (Å²) in [5, 5.41) is 11.3. The number of hydrogen-bond donors (Lipinski definition) is 0. The number of hydrogen-bond acceptors (Lipinski definition) is 8. The minimum atomic E-state index is -0.812. The van der Waals surface area contributed by atoms with Crippen molar-refractivity contribution < 1.29 is 18.9 Å². The molecular formula is C27H20ClN3O6S. The monoisotopic (exact) mass is 549 g/mol. The van der Waals surface area contributed by atoms with Crippen molar-refractivity contribution in [1.82, 2.24) is 4.57 Å². The fourth-order valence-corrected chi connectivity index (χ4v) is 5.51. The van der Waals surface area contributed by atoms with Gasteiger partial charge in [0, 0.05) is 28.8 Å². The molecule has 11 heteroatoms. The topological polar surface area (TPSA) is 117 Å². The average molecular weight is 550 g/mol. The number of nitro benzene ring substituents is 1. The molecule has 0 aliphatic carbocycles. The standard InChI is InChI=1S/C27H20ClN3O6S/c1-3-36-26(33)23-15(2)29-27-30(24(23)19-6-4-5-7-20(19)28)25(32)22(38-27)14-18-12-13-21(37-18)16-8-10-17(11-9-16)31(34)35/h4-14,24H,3H2,1-2H3/b22-14-. The molecule has 38 heavy (non-hydrogen) atoms. The lowest BCUT2D eigenvalue weighted by Gasteiger charge is -2.25. The normalized spacial score (nSPS) is 15.2. The molecule has 1 unspecified atom stereocenters. The molecule has 0 N–H and O–H groups in total. The number of ether oxygens (including phenoxy) is 1. The van der Waals surface area contributed by atoms with E-state index in [4.69, 9.17) is 20.8 Å². The van der Waals surface area contributed by atoms with Gasteiger partial charge in [-0.15, -0.1) is 0 Å². The van der Waals surface area contributed by atoms with Crippen molar-refractivity contribution in [3.05, 3.63) is 118 Å². The van der Waals surface area contributed by atoms with E-state index < -0.39 is 16.9 Å². The third kappa shape index (κ3) is 4.59. The van der Waals surface area contributed by atoms with Crippen LogP contribution in [0.4, 0.5) is 5.69 Å². The summed E-state index contributed by atoms with van der Waals surface area (Å²) in [6, 6.07) is 15.6. The van der Waals surface area contributed by atoms with E-state index in [1.807, 2.05) is 0 Å². The Morgan fingerprint density at radius 3 is 2.63 bits per heavy atom. The number of fused-ring (bicyclic) bond motifs is 1. The zero-order valence-electron chi connectivity index (χ0n) is 20.2. The first-order valence-corrected chi connectivity index (χ1v) is 12.8. The van der Waals surface area contributed by atoms with Crippen LogP contribution in [0, 0.1) is 10.1 Å². The summed E-state index contributed by atoms with van der Waals surface area (Å²) in [4.78, 5) is 42.1. The first kappa shape index (κ1) is 25.4. The van der Waals surface area contributed by atoms with Crippen molar-refractivity contribution in [2.24, 2.45) is 4.99 Å². The molecule has 0 saturated heterocycles. The van der Waals surface area contributed by atoms with Gasteiger partial charge in [-0.3, -0.25) is 19.5 Å². The Hall–Kier alpha value is -4.28. The predicted octanol–water partition coefficient (Wildman–Crippen LogP) is 4.62. The van der Waals surface area contributed by atoms with E-state index in [1.165, 1.54) is 28.0 Å². The van der Waals surface area contributed by atoms with Crippen LogP contribution in [0.25, 0.3) is 17.4 Å². The van der Waals surface area contributed by atoms with Crippen molar-refractivity contribution in [2.45, 2.75) is 19.9 Å². The van der Waals surface area contributed by atoms with E-state index in [2.05, 4.69) is 4.99 Å². The van der Waals surface area contributed by atoms with Crippen LogP contribution in [0.15, 0.2) is 86.1 Å². The second kappa shape index (κ2) is 10.2. The maximum Gasteiger partial charge on any atom is 0.338 e. The molecule has 0 saturated carbocycles. The summed E-state index contributed by atoms with van der Waals surface area (Å²) in [5.41, 5.74) is 1.55. The highest BCUT2D eigenvalue weighted by Crippen LogP contribution is 2.34. The Bertz CT molecular complexity index is 1780. The van der Waals surface area contributed by atoms with Crippen molar-refractivity contribution in [1.29, 1.82) is 0 Å². The molecule has 0 spiro atoms. The van der Waals surface area contributed by atoms with Gasteiger partial charge >= 0.3 is 5.97 Å². The highest BCUT2D eigenvalue weighted by atomic mass is 35.5. The summed E-state index contributed by atoms with van der Waals surface area (Å²) in [5.74, 6) is 0.347. The number of nitrogens with zero attached hydrogens (tertiary/aromatic N) is 3. The second-order valence-electron chi connectivity index (χ2n) is 8.33. The van der Waals surface area contributed by atoms with Gasteiger partial charge in [0.1, 0.15) is 17.6 Å². The summed E-state index contributed by atoms with van der Waals surface area (Å²) in [6.45, 7) is 3.59. The number of halogens is 1. The lowest BCUT2D eigenvalue weighted by Crippen LogP contribution is -2.40. The predicted molar refractivity (Wildman–Crippen MR) is 143 cm³/mol. The first-order chi connectivity index (χ1) is 18.3. The maximum atomic E-state index is 13.7. The van der Waals surface area contributed by atoms with E-state index in [0.29, 0.717) is 42.7 Å². The number of thiazole rings is 1. The lowest BCUT2D eigenvalue weighted by atomic mass is 9.96. The van der Waals surface area contributed by atoms with E-state index >= 15 is 0 Å². The molecule has 0 amide bonds. The molecule has 0 radical (unpaired) electrons. The molecule has 5 rings (SSSR count). The zero-order chi connectivity index (χ0) is 27.0. The second-order valence-corrected chi connectivity index (χ2v) is 9.75. The number of allylic oxidation sites excluding steroid dienone is 1. The molecule has 2 aromatic carbocycles. The van der Waals surface area contributed by atoms with Gasteiger partial charge in [-0.2, -0.15) is 0 Å². The minimum Gasteiger partial charge on any atom is -0.463 e. The van der Waals surface area contributed by atoms with Crippen LogP contribution in [0.3, 0.4) is 0 Å². The highest BCUT2D eigenvalue weighted by molar-refractivity contribution is 7.07. The molecule has 0 bridgehead atoms. The Labute approximate surface area is 224 Å². The number of carbonyl (C=O) groups is 1. The van der Waals surface area contributed by atoms with Gasteiger partial charge in [0.25, 0.3) is 11.2 Å². The van der Waals surface area contributed by atoms with E-state index in [-0.39, 0.29) is 23.4 Å². The molecule has 3 heterocycles. The van der Waals surface area contributed by atoms with Crippen LogP contribution in [-0.2, 0) is 9.53 Å². The van der Waals surface area contributed by atoms with Gasteiger partial charge in [-0.05, 0) is 49.7 Å². The number of carbonyl (C=O) groups excluding carboxylic acids is 1. The SMILES string of the molecule is CCOC(=O)C1=C(C)N=c2s/c(=C\c3ccc(-c4ccc([N+](=O)[O-])cc4)o3)c(=O)n2C1c1ccccc1Cl. The minimum absolute atomic E-state index is 0.0211. The Morgan fingerprint density at radius 1 is 1.21 bits per heavy atom. The number of aromatic nitrogens is 1. The molecule has 2 aromatic heterocycles. The third-order valence-corrected chi connectivity index (χ3v) is 7.31. The summed E-state index contributed by atoms with van der Waals surface area (Å²) >= 11 is 7.68. The van der Waals surface area contributed by atoms with Crippen LogP contribution in [0.1, 0.15) is 31.2 Å². The number of furan rings is 1. The van der Waals surface area contributed by atoms with Gasteiger partial charge in [-0.25, -0.2) is 9.79 Å². The van der Waals surface area contributed by atoms with Gasteiger partial charge in [0.05, 0.1) is 27.3 Å². The van der Waals surface area contributed by atoms with Crippen LogP contribution in [0.2, 0.25) is 5.02 Å². The van der Waals surface area contributed by atoms with E-state index in [9.17, 15) is 19.7 Å². The van der Waals surface area contributed by atoms with E-state index in [1.54, 1.807) is 68.5 Å². The number of non-ortho nitro benzene ring substituents is 1. The van der Waals surface area contributed by atoms with Gasteiger partial charge in [-0.1, -0.05) is 41.1 Å². The molecule has 9 nitrogen and oxygen atoms in total. The number of esters is 1. The summed E-state index contributed by atoms with van der Waals surface area (Å²) in [6.07, 6.45) is 1.60. The molecule has 1 aliphatic heterocycles. The van der Waals surface area contributed by atoms with Gasteiger partial charge in [0.2, 0.25) is 0 Å². The van der Waals surface area contributed by atoms with Crippen LogP contribution in [-0.4, -0.2) is 22.1 Å². The zero-order valence-corrected chi connectivity index (χ0v) is 21.8. The quantitative estimate of drug-likeness (QED) is 0.197. The third-order valence-electron chi connectivity index (χ3n) is 5.98. The molecule has 1 atom stereocenters. The van der Waals surface area contributed by atoms with Crippen molar-refractivity contribution in [3.63, 3.8) is 0 Å². The first-order valence-electron chi connectivity index (χ1n) is 11.6. The van der Waals surface area contributed by atoms with Crippen molar-refractivity contribution in [2.75, 3.05) is 6.61 Å². The lowest BCUT2D eigenvalue weighted by molar-refractivity contribution is -0.384. The Morgan fingerprint density at radius 2 is 1.95 bits per heavy atom. The van der Waals surface area contributed by atoms with Gasteiger partial charge < -0.3 is 9.15 Å². The molecular weight excluding hydrogens is 530 g/mol. The van der Waals surface area contributed by atoms with Crippen LogP contribution < -0.4 is 14.9 Å². The molecule has 192 valence electrons. The van der Waals surface area contributed by atoms with Crippen LogP contribution >= 0.6 is 22.9 Å². The van der Waals surface area contributed by atoms with Crippen molar-refractivity contribution in [3.8, 4) is 11.3 Å². The number of benzene rings is 2. The Balaban J connectivity index is 1.61. The van der Waals surface area contributed by atoms with E-state index in [0.717, 1.165) is 0 Å². The molecule has 4 aromatic rings. The van der Waals surface area contributed by atoms with Crippen LogP contribution in [0.5, 0.6) is 0 Å². The smallest absolute Gasteiger partial charge is 0.338 e. The van der Waals surface area contributed by atoms with Gasteiger partial charge in [0.15, 0.2) is 4.80 Å². The summed E-state index contributed by atoms with van der Waals surface area (Å²) in [7, 11) is 0. The average Bonchev–Trinajstić information content (AvgIpc) is 3.48. The highest BCUT2D eigenvalue weighted by Gasteiger charge is 2.34. The largest absolute Gasteiger partial charge is 0.463 e. The fourth-order valence-electron chi connectivity index (χ4n) is 4.24.